The average Bonchev–Trinajstić information content (AvgIpc) is 2.43. The number of aliphatic carboxylic acids is 1. The van der Waals surface area contributed by atoms with E-state index < -0.39 is 11.5 Å². The molecule has 3 N–H and O–H groups in total. The summed E-state index contributed by atoms with van der Waals surface area (Å²) in [4.78, 5) is 22.8. The van der Waals surface area contributed by atoms with Crippen molar-refractivity contribution >= 4 is 11.9 Å². The largest absolute Gasteiger partial charge is 0.492 e. The fraction of sp³-hybridized carbons (Fsp3) is 0.467. The van der Waals surface area contributed by atoms with E-state index in [1.54, 1.807) is 0 Å². The summed E-state index contributed by atoms with van der Waals surface area (Å²) in [5, 5.41) is 14.7. The predicted octanol–water partition coefficient (Wildman–Crippen LogP) is 0.779. The third-order valence-corrected chi connectivity index (χ3v) is 3.64. The topological polar surface area (TPSA) is 87.7 Å². The van der Waals surface area contributed by atoms with Crippen molar-refractivity contribution in [1.29, 1.82) is 0 Å². The van der Waals surface area contributed by atoms with Gasteiger partial charge in [0.1, 0.15) is 17.9 Å². The van der Waals surface area contributed by atoms with Crippen LogP contribution in [0.2, 0.25) is 0 Å². The maximum atomic E-state index is 11.6. The van der Waals surface area contributed by atoms with Crippen LogP contribution < -0.4 is 15.4 Å². The average molecular weight is 292 g/mol. The molecular formula is C15H20N2O4. The number of rotatable bonds is 8. The number of hydrogen-bond donors (Lipinski definition) is 3. The minimum absolute atomic E-state index is 0.0115. The molecule has 0 heterocycles. The first-order valence-corrected chi connectivity index (χ1v) is 7.05. The quantitative estimate of drug-likeness (QED) is 0.616. The summed E-state index contributed by atoms with van der Waals surface area (Å²) >= 11 is 0. The summed E-state index contributed by atoms with van der Waals surface area (Å²) in [5.41, 5.74) is -0.905. The Hall–Kier alpha value is -2.08. The number of carboxylic acids is 1. The van der Waals surface area contributed by atoms with Crippen LogP contribution in [0.25, 0.3) is 0 Å². The Morgan fingerprint density at radius 1 is 1.24 bits per heavy atom. The lowest BCUT2D eigenvalue weighted by molar-refractivity contribution is -0.149. The Morgan fingerprint density at radius 3 is 2.52 bits per heavy atom. The molecule has 1 aromatic rings. The molecule has 1 aromatic carbocycles. The van der Waals surface area contributed by atoms with E-state index in [1.807, 2.05) is 30.3 Å². The van der Waals surface area contributed by atoms with Crippen molar-refractivity contribution in [3.8, 4) is 5.75 Å². The van der Waals surface area contributed by atoms with E-state index in [1.165, 1.54) is 0 Å². The van der Waals surface area contributed by atoms with Gasteiger partial charge in [0.05, 0.1) is 13.1 Å². The van der Waals surface area contributed by atoms with Crippen LogP contribution >= 0.6 is 0 Å². The second-order valence-electron chi connectivity index (χ2n) is 5.11. The predicted molar refractivity (Wildman–Crippen MR) is 77.2 cm³/mol. The molecule has 0 radical (unpaired) electrons. The number of nitrogens with one attached hydrogen (secondary N) is 2. The van der Waals surface area contributed by atoms with E-state index in [4.69, 9.17) is 9.84 Å². The van der Waals surface area contributed by atoms with Crippen molar-refractivity contribution in [3.63, 3.8) is 0 Å². The van der Waals surface area contributed by atoms with E-state index in [0.29, 0.717) is 26.0 Å². The molecule has 1 aliphatic rings. The second kappa shape index (κ2) is 7.08. The first kappa shape index (κ1) is 15.3. The number of ether oxygens (including phenoxy) is 1. The maximum Gasteiger partial charge on any atom is 0.323 e. The van der Waals surface area contributed by atoms with Crippen LogP contribution in [0.3, 0.4) is 0 Å². The normalized spacial score (nSPS) is 15.8. The molecule has 0 unspecified atom stereocenters. The van der Waals surface area contributed by atoms with Gasteiger partial charge in [-0.1, -0.05) is 18.2 Å². The highest BCUT2D eigenvalue weighted by atomic mass is 16.5. The van der Waals surface area contributed by atoms with Gasteiger partial charge in [-0.05, 0) is 31.4 Å². The maximum absolute atomic E-state index is 11.6. The van der Waals surface area contributed by atoms with Gasteiger partial charge in [-0.15, -0.1) is 0 Å². The smallest absolute Gasteiger partial charge is 0.323 e. The van der Waals surface area contributed by atoms with Gasteiger partial charge in [-0.25, -0.2) is 0 Å². The van der Waals surface area contributed by atoms with Crippen molar-refractivity contribution in [2.75, 3.05) is 19.7 Å². The van der Waals surface area contributed by atoms with Gasteiger partial charge in [-0.2, -0.15) is 0 Å². The van der Waals surface area contributed by atoms with E-state index in [9.17, 15) is 9.59 Å². The number of benzene rings is 1. The Balaban J connectivity index is 1.61. The Kier molecular flexibility index (Phi) is 5.16. The van der Waals surface area contributed by atoms with Gasteiger partial charge >= 0.3 is 5.97 Å². The highest BCUT2D eigenvalue weighted by Crippen LogP contribution is 2.31. The van der Waals surface area contributed by atoms with Gasteiger partial charge in [0, 0.05) is 0 Å². The van der Waals surface area contributed by atoms with Crippen LogP contribution in [0.4, 0.5) is 0 Å². The molecule has 114 valence electrons. The molecule has 0 saturated heterocycles. The lowest BCUT2D eigenvalue weighted by Gasteiger charge is -2.38. The fourth-order valence-corrected chi connectivity index (χ4v) is 2.18. The molecule has 0 aliphatic heterocycles. The number of amides is 1. The first-order valence-electron chi connectivity index (χ1n) is 7.05. The van der Waals surface area contributed by atoms with Gasteiger partial charge < -0.3 is 15.2 Å². The molecule has 1 aliphatic carbocycles. The molecule has 0 spiro atoms. The van der Waals surface area contributed by atoms with Crippen molar-refractivity contribution in [3.05, 3.63) is 30.3 Å². The molecule has 21 heavy (non-hydrogen) atoms. The molecule has 6 nitrogen and oxygen atoms in total. The monoisotopic (exact) mass is 292 g/mol. The van der Waals surface area contributed by atoms with E-state index >= 15 is 0 Å². The number of para-hydroxylation sites is 1. The summed E-state index contributed by atoms with van der Waals surface area (Å²) in [5.74, 6) is -0.350. The molecular weight excluding hydrogens is 272 g/mol. The van der Waals surface area contributed by atoms with Gasteiger partial charge in [-0.3, -0.25) is 14.9 Å². The zero-order chi connectivity index (χ0) is 15.1. The summed E-state index contributed by atoms with van der Waals surface area (Å²) < 4.78 is 5.44. The highest BCUT2D eigenvalue weighted by molar-refractivity contribution is 5.82. The van der Waals surface area contributed by atoms with Crippen LogP contribution in [-0.2, 0) is 9.59 Å². The number of carbonyl (C=O) groups is 2. The van der Waals surface area contributed by atoms with E-state index in [0.717, 1.165) is 12.2 Å². The Bertz CT molecular complexity index is 486. The van der Waals surface area contributed by atoms with Crippen LogP contribution in [-0.4, -0.2) is 42.2 Å². The highest BCUT2D eigenvalue weighted by Gasteiger charge is 2.44. The third kappa shape index (κ3) is 4.19. The Morgan fingerprint density at radius 2 is 1.95 bits per heavy atom. The number of carboxylic acid groups (broad SMARTS) is 1. The van der Waals surface area contributed by atoms with Crippen molar-refractivity contribution in [2.45, 2.75) is 24.8 Å². The molecule has 0 bridgehead atoms. The second-order valence-corrected chi connectivity index (χ2v) is 5.11. The van der Waals surface area contributed by atoms with Crippen LogP contribution in [0.5, 0.6) is 5.75 Å². The van der Waals surface area contributed by atoms with Crippen LogP contribution in [0, 0.1) is 0 Å². The summed E-state index contributed by atoms with van der Waals surface area (Å²) in [6.07, 6.45) is 2.03. The van der Waals surface area contributed by atoms with Crippen LogP contribution in [0.15, 0.2) is 30.3 Å². The van der Waals surface area contributed by atoms with E-state index in [-0.39, 0.29) is 12.5 Å². The molecule has 1 saturated carbocycles. The van der Waals surface area contributed by atoms with E-state index in [2.05, 4.69) is 10.6 Å². The van der Waals surface area contributed by atoms with Crippen molar-refractivity contribution in [2.24, 2.45) is 0 Å². The molecule has 1 fully saturated rings. The molecule has 0 aromatic heterocycles. The van der Waals surface area contributed by atoms with Crippen LogP contribution in [0.1, 0.15) is 19.3 Å². The van der Waals surface area contributed by atoms with Crippen molar-refractivity contribution in [1.82, 2.24) is 10.6 Å². The minimum Gasteiger partial charge on any atom is -0.492 e. The van der Waals surface area contributed by atoms with Gasteiger partial charge in [0.25, 0.3) is 0 Å². The zero-order valence-corrected chi connectivity index (χ0v) is 11.8. The molecule has 0 atom stereocenters. The SMILES string of the molecule is O=C(CNC1(C(=O)O)CCC1)NCCOc1ccccc1. The zero-order valence-electron chi connectivity index (χ0n) is 11.8. The fourth-order valence-electron chi connectivity index (χ4n) is 2.18. The summed E-state index contributed by atoms with van der Waals surface area (Å²) in [7, 11) is 0. The standard InChI is InChI=1S/C15H20N2O4/c18-13(11-17-15(14(19)20)7-4-8-15)16-9-10-21-12-5-2-1-3-6-12/h1-3,5-6,17H,4,7-11H2,(H,16,18)(H,19,20). The number of hydrogen-bond acceptors (Lipinski definition) is 4. The lowest BCUT2D eigenvalue weighted by Crippen LogP contribution is -2.59. The first-order chi connectivity index (χ1) is 10.1. The lowest BCUT2D eigenvalue weighted by atomic mass is 9.77. The summed E-state index contributed by atoms with van der Waals surface area (Å²) in [6, 6.07) is 9.34. The molecule has 1 amide bonds. The molecule has 6 heteroatoms. The summed E-state index contributed by atoms with van der Waals surface area (Å²) in [6.45, 7) is 0.771. The molecule has 2 rings (SSSR count). The van der Waals surface area contributed by atoms with Gasteiger partial charge in [0.2, 0.25) is 5.91 Å². The van der Waals surface area contributed by atoms with Gasteiger partial charge in [0.15, 0.2) is 0 Å². The minimum atomic E-state index is -0.905. The van der Waals surface area contributed by atoms with Crippen molar-refractivity contribution < 1.29 is 19.4 Å². The Labute approximate surface area is 123 Å². The number of carbonyl (C=O) groups excluding carboxylic acids is 1. The third-order valence-electron chi connectivity index (χ3n) is 3.64.